The molecule has 0 spiro atoms. The van der Waals surface area contributed by atoms with Crippen LogP contribution in [0.5, 0.6) is 0 Å². The zero-order valence-electron chi connectivity index (χ0n) is 13.9. The van der Waals surface area contributed by atoms with E-state index >= 15 is 0 Å². The molecule has 1 heteroatoms. The molecule has 0 amide bonds. The van der Waals surface area contributed by atoms with Gasteiger partial charge in [0.05, 0.1) is 0 Å². The van der Waals surface area contributed by atoms with Crippen LogP contribution < -0.4 is 0 Å². The third kappa shape index (κ3) is 2.25. The molecule has 0 N–H and O–H groups in total. The van der Waals surface area contributed by atoms with E-state index in [1.165, 1.54) is 50.1 Å². The first kappa shape index (κ1) is 16.6. The Labute approximate surface area is 147 Å². The minimum atomic E-state index is 0. The first-order valence-electron chi connectivity index (χ1n) is 7.48. The van der Waals surface area contributed by atoms with E-state index in [-0.39, 0.29) is 26.2 Å². The standard InChI is InChI=1S/C20H23.Zr/c1-11-12(2)14(4)19(13(11)3)20-15(5)17-9-7-8-10-18(17)16(20)6;/h7-10,15H,1-6H3;/q-1;. The van der Waals surface area contributed by atoms with Crippen molar-refractivity contribution in [1.82, 2.24) is 0 Å². The second-order valence-electron chi connectivity index (χ2n) is 6.22. The third-order valence-corrected chi connectivity index (χ3v) is 5.38. The Hall–Kier alpha value is -0.807. The van der Waals surface area contributed by atoms with Crippen LogP contribution in [-0.2, 0) is 26.2 Å². The van der Waals surface area contributed by atoms with E-state index in [4.69, 9.17) is 0 Å². The second kappa shape index (κ2) is 5.77. The Morgan fingerprint density at radius 1 is 0.952 bits per heavy atom. The SMILES string of the molecule is CC1=C(c2c(C)c(C)c(C)[c-]2C)C(C)c2ccccc21.[Zr]. The quantitative estimate of drug-likeness (QED) is 0.578. The zero-order chi connectivity index (χ0) is 14.6. The van der Waals surface area contributed by atoms with Gasteiger partial charge < -0.3 is 0 Å². The van der Waals surface area contributed by atoms with Crippen LogP contribution in [0, 0.1) is 27.7 Å². The Kier molecular flexibility index (Phi) is 4.55. The van der Waals surface area contributed by atoms with Crippen LogP contribution >= 0.6 is 0 Å². The van der Waals surface area contributed by atoms with E-state index < -0.39 is 0 Å². The smallest absolute Gasteiger partial charge is 0 e. The molecular formula is C20H23Zr-. The average molecular weight is 355 g/mol. The van der Waals surface area contributed by atoms with E-state index in [0.717, 1.165) is 0 Å². The molecular weight excluding hydrogens is 331 g/mol. The molecule has 0 saturated heterocycles. The summed E-state index contributed by atoms with van der Waals surface area (Å²) in [6.45, 7) is 13.7. The van der Waals surface area contributed by atoms with Crippen molar-refractivity contribution in [2.24, 2.45) is 0 Å². The number of benzene rings is 1. The summed E-state index contributed by atoms with van der Waals surface area (Å²) in [6, 6.07) is 8.86. The molecule has 1 atom stereocenters. The number of hydrogen-bond donors (Lipinski definition) is 0. The van der Waals surface area contributed by atoms with Gasteiger partial charge >= 0.3 is 0 Å². The van der Waals surface area contributed by atoms with Gasteiger partial charge in [-0.05, 0) is 24.0 Å². The molecule has 1 aliphatic rings. The van der Waals surface area contributed by atoms with Gasteiger partial charge in [0.1, 0.15) is 0 Å². The van der Waals surface area contributed by atoms with E-state index in [2.05, 4.69) is 65.8 Å². The van der Waals surface area contributed by atoms with Gasteiger partial charge in [-0.1, -0.05) is 64.5 Å². The van der Waals surface area contributed by atoms with Crippen molar-refractivity contribution >= 4 is 11.1 Å². The predicted molar refractivity (Wildman–Crippen MR) is 88.3 cm³/mol. The van der Waals surface area contributed by atoms with E-state index in [1.54, 1.807) is 0 Å². The summed E-state index contributed by atoms with van der Waals surface area (Å²) in [5.74, 6) is 0.504. The molecule has 0 aliphatic heterocycles. The van der Waals surface area contributed by atoms with Gasteiger partial charge in [-0.25, -0.2) is 0 Å². The van der Waals surface area contributed by atoms with E-state index in [0.29, 0.717) is 5.92 Å². The predicted octanol–water partition coefficient (Wildman–Crippen LogP) is 5.68. The van der Waals surface area contributed by atoms with Crippen molar-refractivity contribution in [3.05, 3.63) is 63.2 Å². The molecule has 0 bridgehead atoms. The Balaban J connectivity index is 0.00000161. The van der Waals surface area contributed by atoms with Gasteiger partial charge in [-0.2, -0.15) is 11.1 Å². The molecule has 0 aromatic heterocycles. The van der Waals surface area contributed by atoms with Gasteiger partial charge in [-0.3, -0.25) is 0 Å². The number of hydrogen-bond acceptors (Lipinski definition) is 0. The molecule has 1 aliphatic carbocycles. The molecule has 0 nitrogen and oxygen atoms in total. The van der Waals surface area contributed by atoms with Gasteiger partial charge in [-0.15, -0.1) is 22.3 Å². The molecule has 0 radical (unpaired) electrons. The summed E-state index contributed by atoms with van der Waals surface area (Å²) in [6.07, 6.45) is 0. The van der Waals surface area contributed by atoms with Crippen LogP contribution in [0.4, 0.5) is 0 Å². The fourth-order valence-corrected chi connectivity index (χ4v) is 3.87. The Morgan fingerprint density at radius 2 is 1.57 bits per heavy atom. The first-order chi connectivity index (χ1) is 9.45. The van der Waals surface area contributed by atoms with Crippen LogP contribution in [0.1, 0.15) is 58.7 Å². The van der Waals surface area contributed by atoms with Crippen molar-refractivity contribution < 1.29 is 26.2 Å². The number of fused-ring (bicyclic) bond motifs is 1. The molecule has 1 unspecified atom stereocenters. The molecule has 2 aromatic carbocycles. The zero-order valence-corrected chi connectivity index (χ0v) is 16.3. The maximum Gasteiger partial charge on any atom is 0 e. The summed E-state index contributed by atoms with van der Waals surface area (Å²) in [7, 11) is 0. The molecule has 108 valence electrons. The van der Waals surface area contributed by atoms with Crippen LogP contribution in [-0.4, -0.2) is 0 Å². The normalized spacial score (nSPS) is 17.0. The minimum Gasteiger partial charge on any atom is -0.161 e. The van der Waals surface area contributed by atoms with Gasteiger partial charge in [0.2, 0.25) is 0 Å². The topological polar surface area (TPSA) is 0 Å². The van der Waals surface area contributed by atoms with Crippen molar-refractivity contribution in [3.8, 4) is 0 Å². The summed E-state index contributed by atoms with van der Waals surface area (Å²) < 4.78 is 0. The first-order valence-corrected chi connectivity index (χ1v) is 7.48. The fourth-order valence-electron chi connectivity index (χ4n) is 3.87. The number of rotatable bonds is 1. The molecule has 3 rings (SSSR count). The monoisotopic (exact) mass is 353 g/mol. The van der Waals surface area contributed by atoms with Crippen molar-refractivity contribution in [3.63, 3.8) is 0 Å². The maximum absolute atomic E-state index is 2.35. The van der Waals surface area contributed by atoms with Crippen molar-refractivity contribution in [2.45, 2.75) is 47.5 Å². The number of allylic oxidation sites excluding steroid dienone is 2. The van der Waals surface area contributed by atoms with Gasteiger partial charge in [0.25, 0.3) is 0 Å². The average Bonchev–Trinajstić information content (AvgIpc) is 2.80. The summed E-state index contributed by atoms with van der Waals surface area (Å²) in [5, 5.41) is 0. The summed E-state index contributed by atoms with van der Waals surface area (Å²) >= 11 is 0. The Bertz CT molecular complexity index is 703. The fraction of sp³-hybridized carbons (Fsp3) is 0.350. The summed E-state index contributed by atoms with van der Waals surface area (Å²) in [5.41, 5.74) is 13.3. The molecule has 0 saturated carbocycles. The van der Waals surface area contributed by atoms with E-state index in [9.17, 15) is 0 Å². The molecule has 0 fully saturated rings. The van der Waals surface area contributed by atoms with E-state index in [1.807, 2.05) is 0 Å². The van der Waals surface area contributed by atoms with Crippen molar-refractivity contribution in [1.29, 1.82) is 0 Å². The van der Waals surface area contributed by atoms with Crippen molar-refractivity contribution in [2.75, 3.05) is 0 Å². The van der Waals surface area contributed by atoms with Crippen LogP contribution in [0.2, 0.25) is 0 Å². The largest absolute Gasteiger partial charge is 0.161 e. The van der Waals surface area contributed by atoms with Crippen LogP contribution in [0.3, 0.4) is 0 Å². The molecule has 21 heavy (non-hydrogen) atoms. The maximum atomic E-state index is 2.35. The molecule has 2 aromatic rings. The summed E-state index contributed by atoms with van der Waals surface area (Å²) in [4.78, 5) is 0. The van der Waals surface area contributed by atoms with Gasteiger partial charge in [0, 0.05) is 26.2 Å². The Morgan fingerprint density at radius 3 is 2.10 bits per heavy atom. The van der Waals surface area contributed by atoms with Crippen LogP contribution in [0.25, 0.3) is 11.1 Å². The van der Waals surface area contributed by atoms with Gasteiger partial charge in [0.15, 0.2) is 0 Å². The second-order valence-corrected chi connectivity index (χ2v) is 6.22. The minimum absolute atomic E-state index is 0. The van der Waals surface area contributed by atoms with Crippen LogP contribution in [0.15, 0.2) is 24.3 Å². The molecule has 0 heterocycles. The third-order valence-electron chi connectivity index (χ3n) is 5.38.